The van der Waals surface area contributed by atoms with Crippen molar-refractivity contribution in [2.24, 2.45) is 7.05 Å². The number of aryl methyl sites for hydroxylation is 1. The Morgan fingerprint density at radius 2 is 1.68 bits per heavy atom. The largest absolute Gasteiger partial charge is 0.378 e. The number of para-hydroxylation sites is 1. The summed E-state index contributed by atoms with van der Waals surface area (Å²) >= 11 is 0. The van der Waals surface area contributed by atoms with E-state index in [0.29, 0.717) is 0 Å². The van der Waals surface area contributed by atoms with Crippen molar-refractivity contribution < 1.29 is 9.07 Å². The van der Waals surface area contributed by atoms with E-state index >= 15 is 0 Å². The minimum absolute atomic E-state index is 0.217. The maximum absolute atomic E-state index is 14.1. The molecule has 0 bridgehead atoms. The zero-order valence-electron chi connectivity index (χ0n) is 16.1. The molecule has 0 saturated carbocycles. The van der Waals surface area contributed by atoms with Crippen molar-refractivity contribution in [2.45, 2.75) is 0 Å². The van der Waals surface area contributed by atoms with Crippen molar-refractivity contribution >= 4 is 39.1 Å². The molecule has 2 aromatic heterocycles. The standard InChI is InChI=1S/C24H21FN3/c1-26(2)18-11-8-16(9-12-18)14-21-20-15-17(25)10-13-23(20)28-24(21)19-6-4-5-7-22(19)27(28)3/h4-15H,1-3H3/q+1. The van der Waals surface area contributed by atoms with Gasteiger partial charge in [-0.3, -0.25) is 0 Å². The molecule has 4 heteroatoms. The van der Waals surface area contributed by atoms with Gasteiger partial charge in [-0.2, -0.15) is 0 Å². The van der Waals surface area contributed by atoms with E-state index in [1.165, 1.54) is 6.07 Å². The van der Waals surface area contributed by atoms with Crippen molar-refractivity contribution in [3.8, 4) is 0 Å². The number of aromatic nitrogens is 2. The first kappa shape index (κ1) is 16.8. The predicted octanol–water partition coefficient (Wildman–Crippen LogP) is 3.82. The minimum atomic E-state index is -0.217. The molecule has 0 radical (unpaired) electrons. The first-order chi connectivity index (χ1) is 13.5. The molecule has 0 saturated heterocycles. The van der Waals surface area contributed by atoms with Crippen LogP contribution in [0.4, 0.5) is 10.1 Å². The van der Waals surface area contributed by atoms with E-state index in [4.69, 9.17) is 0 Å². The highest BCUT2D eigenvalue weighted by atomic mass is 19.1. The van der Waals surface area contributed by atoms with Crippen LogP contribution in [0, 0.1) is 5.82 Å². The first-order valence-electron chi connectivity index (χ1n) is 9.34. The Hall–Kier alpha value is -3.40. The molecule has 3 aromatic carbocycles. The summed E-state index contributed by atoms with van der Waals surface area (Å²) in [6.45, 7) is 0. The number of nitrogens with zero attached hydrogens (tertiary/aromatic N) is 3. The molecule has 0 N–H and O–H groups in total. The first-order valence-corrected chi connectivity index (χ1v) is 9.34. The van der Waals surface area contributed by atoms with Gasteiger partial charge in [0.05, 0.1) is 5.39 Å². The fourth-order valence-corrected chi connectivity index (χ4v) is 4.09. The van der Waals surface area contributed by atoms with Gasteiger partial charge in [-0.15, -0.1) is 9.20 Å². The predicted molar refractivity (Wildman–Crippen MR) is 113 cm³/mol. The summed E-state index contributed by atoms with van der Waals surface area (Å²) in [5.41, 5.74) is 5.51. The third kappa shape index (κ3) is 2.38. The van der Waals surface area contributed by atoms with E-state index in [0.717, 1.165) is 43.8 Å². The van der Waals surface area contributed by atoms with Crippen LogP contribution in [-0.4, -0.2) is 18.6 Å². The molecule has 0 aliphatic heterocycles. The van der Waals surface area contributed by atoms with Crippen LogP contribution in [0.3, 0.4) is 0 Å². The number of hydrogen-bond acceptors (Lipinski definition) is 1. The van der Waals surface area contributed by atoms with E-state index in [-0.39, 0.29) is 5.82 Å². The Bertz CT molecular complexity index is 1400. The molecule has 5 aromatic rings. The Morgan fingerprint density at radius 3 is 2.43 bits per heavy atom. The monoisotopic (exact) mass is 370 g/mol. The summed E-state index contributed by atoms with van der Waals surface area (Å²) in [4.78, 5) is 2.08. The molecular weight excluding hydrogens is 349 g/mol. The maximum Gasteiger partial charge on any atom is 0.239 e. The van der Waals surface area contributed by atoms with Crippen molar-refractivity contribution in [3.63, 3.8) is 0 Å². The summed E-state index contributed by atoms with van der Waals surface area (Å²) < 4.78 is 18.4. The molecule has 0 aliphatic carbocycles. The molecule has 0 atom stereocenters. The fourth-order valence-electron chi connectivity index (χ4n) is 4.09. The number of fused-ring (bicyclic) bond motifs is 5. The normalized spacial score (nSPS) is 12.5. The maximum atomic E-state index is 14.1. The molecule has 0 amide bonds. The minimum Gasteiger partial charge on any atom is -0.378 e. The van der Waals surface area contributed by atoms with E-state index in [1.54, 1.807) is 6.07 Å². The fraction of sp³-hybridized carbons (Fsp3) is 0.125. The average molecular weight is 370 g/mol. The summed E-state index contributed by atoms with van der Waals surface area (Å²) in [5, 5.41) is 3.13. The summed E-state index contributed by atoms with van der Waals surface area (Å²) in [6.07, 6.45) is 2.16. The summed E-state index contributed by atoms with van der Waals surface area (Å²) in [6, 6.07) is 21.8. The van der Waals surface area contributed by atoms with Gasteiger partial charge in [0.1, 0.15) is 16.9 Å². The van der Waals surface area contributed by atoms with E-state index in [1.807, 2.05) is 33.3 Å². The Morgan fingerprint density at radius 1 is 0.929 bits per heavy atom. The van der Waals surface area contributed by atoms with Gasteiger partial charge in [-0.05, 0) is 48.0 Å². The third-order valence-electron chi connectivity index (χ3n) is 5.47. The molecule has 0 spiro atoms. The Labute approximate surface area is 162 Å². The lowest BCUT2D eigenvalue weighted by Gasteiger charge is -2.11. The lowest BCUT2D eigenvalue weighted by molar-refractivity contribution is -0.711. The van der Waals surface area contributed by atoms with Gasteiger partial charge >= 0.3 is 0 Å². The zero-order chi connectivity index (χ0) is 19.4. The van der Waals surface area contributed by atoms with Crippen LogP contribution in [0.15, 0.2) is 66.7 Å². The lowest BCUT2D eigenvalue weighted by Crippen LogP contribution is -2.34. The van der Waals surface area contributed by atoms with Crippen molar-refractivity contribution in [3.05, 3.63) is 83.3 Å². The molecule has 28 heavy (non-hydrogen) atoms. The molecule has 0 aliphatic rings. The Kier molecular flexibility index (Phi) is 3.63. The lowest BCUT2D eigenvalue weighted by atomic mass is 10.1. The zero-order valence-corrected chi connectivity index (χ0v) is 16.1. The SMILES string of the molecule is CN(C)c1ccc(/C=c2/c3cc(F)ccc3n3c2c2ccccc2[n+]3C)cc1. The summed E-state index contributed by atoms with van der Waals surface area (Å²) in [5.74, 6) is -0.217. The van der Waals surface area contributed by atoms with Gasteiger partial charge in [0.2, 0.25) is 5.52 Å². The van der Waals surface area contributed by atoms with Gasteiger partial charge in [0.25, 0.3) is 0 Å². The van der Waals surface area contributed by atoms with E-state index in [9.17, 15) is 4.39 Å². The van der Waals surface area contributed by atoms with Crippen molar-refractivity contribution in [1.82, 2.24) is 4.52 Å². The number of anilines is 1. The van der Waals surface area contributed by atoms with Crippen LogP contribution < -0.4 is 14.8 Å². The Balaban J connectivity index is 1.92. The van der Waals surface area contributed by atoms with Crippen LogP contribution in [0.1, 0.15) is 5.56 Å². The number of rotatable bonds is 2. The average Bonchev–Trinajstić information content (AvgIpc) is 3.16. The second-order valence-electron chi connectivity index (χ2n) is 7.41. The van der Waals surface area contributed by atoms with E-state index < -0.39 is 0 Å². The molecular formula is C24H21FN3+. The van der Waals surface area contributed by atoms with Gasteiger partial charge in [0, 0.05) is 36.5 Å². The number of halogens is 1. The molecule has 0 fully saturated rings. The topological polar surface area (TPSA) is 11.5 Å². The smallest absolute Gasteiger partial charge is 0.239 e. The molecule has 0 unspecified atom stereocenters. The molecule has 3 nitrogen and oxygen atoms in total. The van der Waals surface area contributed by atoms with Crippen LogP contribution in [0.25, 0.3) is 33.4 Å². The third-order valence-corrected chi connectivity index (χ3v) is 5.47. The van der Waals surface area contributed by atoms with E-state index in [2.05, 4.69) is 62.6 Å². The van der Waals surface area contributed by atoms with Crippen molar-refractivity contribution in [2.75, 3.05) is 19.0 Å². The summed E-state index contributed by atoms with van der Waals surface area (Å²) in [7, 11) is 6.11. The van der Waals surface area contributed by atoms with Gasteiger partial charge < -0.3 is 4.90 Å². The second-order valence-corrected chi connectivity index (χ2v) is 7.41. The molecule has 5 rings (SSSR count). The van der Waals surface area contributed by atoms with Gasteiger partial charge in [0.15, 0.2) is 7.05 Å². The van der Waals surface area contributed by atoms with Crippen molar-refractivity contribution in [1.29, 1.82) is 0 Å². The highest BCUT2D eigenvalue weighted by Gasteiger charge is 2.21. The highest BCUT2D eigenvalue weighted by Crippen LogP contribution is 2.23. The van der Waals surface area contributed by atoms with Gasteiger partial charge in [-0.25, -0.2) is 4.39 Å². The van der Waals surface area contributed by atoms with Crippen LogP contribution in [0.2, 0.25) is 0 Å². The second kappa shape index (κ2) is 6.06. The number of hydrogen-bond donors (Lipinski definition) is 0. The molecule has 2 heterocycles. The quantitative estimate of drug-likeness (QED) is 0.430. The van der Waals surface area contributed by atoms with Crippen LogP contribution in [0.5, 0.6) is 0 Å². The van der Waals surface area contributed by atoms with Crippen LogP contribution >= 0.6 is 0 Å². The van der Waals surface area contributed by atoms with Crippen LogP contribution in [-0.2, 0) is 7.05 Å². The number of benzene rings is 3. The highest BCUT2D eigenvalue weighted by molar-refractivity contribution is 6.01. The molecule has 138 valence electrons. The van der Waals surface area contributed by atoms with Gasteiger partial charge in [-0.1, -0.05) is 24.3 Å².